The summed E-state index contributed by atoms with van der Waals surface area (Å²) < 4.78 is 0. The van der Waals surface area contributed by atoms with Gasteiger partial charge < -0.3 is 4.90 Å². The summed E-state index contributed by atoms with van der Waals surface area (Å²) in [5.74, 6) is 0. The molecule has 0 radical (unpaired) electrons. The van der Waals surface area contributed by atoms with Gasteiger partial charge in [-0.05, 0) is 37.1 Å². The molecule has 0 unspecified atom stereocenters. The number of hydrogen-bond donors (Lipinski definition) is 0. The van der Waals surface area contributed by atoms with Crippen molar-refractivity contribution in [3.8, 4) is 0 Å². The highest BCUT2D eigenvalue weighted by molar-refractivity contribution is 6.30. The Kier molecular flexibility index (Phi) is 3.48. The molecule has 0 atom stereocenters. The predicted molar refractivity (Wildman–Crippen MR) is 75.6 cm³/mol. The third kappa shape index (κ3) is 2.84. The van der Waals surface area contributed by atoms with Gasteiger partial charge in [0.05, 0.1) is 0 Å². The number of rotatable bonds is 1. The van der Waals surface area contributed by atoms with E-state index in [-0.39, 0.29) is 5.41 Å². The van der Waals surface area contributed by atoms with Crippen LogP contribution in [0.15, 0.2) is 36.0 Å². The van der Waals surface area contributed by atoms with Crippen LogP contribution in [0.5, 0.6) is 0 Å². The van der Waals surface area contributed by atoms with E-state index in [2.05, 4.69) is 43.9 Å². The van der Waals surface area contributed by atoms with Crippen molar-refractivity contribution in [3.63, 3.8) is 0 Å². The standard InChI is InChI=1S/C15H20ClN/c1-15(2,3)14-6-4-5-11-17(14)13-9-7-12(16)8-10-13/h6-10H,4-5,11H2,1-3H3. The van der Waals surface area contributed by atoms with E-state index in [0.29, 0.717) is 0 Å². The zero-order chi connectivity index (χ0) is 12.5. The van der Waals surface area contributed by atoms with Crippen LogP contribution < -0.4 is 4.90 Å². The third-order valence-corrected chi connectivity index (χ3v) is 3.37. The normalized spacial score (nSPS) is 16.9. The molecule has 1 aliphatic heterocycles. The van der Waals surface area contributed by atoms with Crippen LogP contribution in [0.1, 0.15) is 33.6 Å². The lowest BCUT2D eigenvalue weighted by atomic mass is 9.88. The Morgan fingerprint density at radius 3 is 2.35 bits per heavy atom. The van der Waals surface area contributed by atoms with Crippen LogP contribution in [0.25, 0.3) is 0 Å². The molecule has 0 saturated heterocycles. The van der Waals surface area contributed by atoms with Crippen molar-refractivity contribution in [2.75, 3.05) is 11.4 Å². The molecule has 2 heteroatoms. The van der Waals surface area contributed by atoms with E-state index in [1.165, 1.54) is 24.2 Å². The van der Waals surface area contributed by atoms with Crippen molar-refractivity contribution < 1.29 is 0 Å². The fraction of sp³-hybridized carbons (Fsp3) is 0.467. The van der Waals surface area contributed by atoms with E-state index >= 15 is 0 Å². The second-order valence-corrected chi connectivity index (χ2v) is 6.05. The quantitative estimate of drug-likeness (QED) is 0.686. The van der Waals surface area contributed by atoms with Crippen LogP contribution in [-0.4, -0.2) is 6.54 Å². The molecule has 0 spiro atoms. The molecule has 92 valence electrons. The van der Waals surface area contributed by atoms with Gasteiger partial charge in [0.25, 0.3) is 0 Å². The van der Waals surface area contributed by atoms with Gasteiger partial charge in [0, 0.05) is 28.4 Å². The molecular formula is C15H20ClN. The number of allylic oxidation sites excluding steroid dienone is 2. The molecule has 0 N–H and O–H groups in total. The second kappa shape index (κ2) is 4.73. The summed E-state index contributed by atoms with van der Waals surface area (Å²) in [6, 6.07) is 8.14. The first kappa shape index (κ1) is 12.5. The van der Waals surface area contributed by atoms with Gasteiger partial charge in [-0.1, -0.05) is 38.4 Å². The molecule has 0 aromatic heterocycles. The van der Waals surface area contributed by atoms with E-state index in [0.717, 1.165) is 11.6 Å². The van der Waals surface area contributed by atoms with E-state index in [1.54, 1.807) is 0 Å². The number of anilines is 1. The van der Waals surface area contributed by atoms with Gasteiger partial charge in [0.2, 0.25) is 0 Å². The van der Waals surface area contributed by atoms with Crippen molar-refractivity contribution in [1.29, 1.82) is 0 Å². The van der Waals surface area contributed by atoms with Crippen LogP contribution in [0.4, 0.5) is 5.69 Å². The fourth-order valence-corrected chi connectivity index (χ4v) is 2.45. The Labute approximate surface area is 109 Å². The summed E-state index contributed by atoms with van der Waals surface area (Å²) in [6.45, 7) is 7.91. The maximum atomic E-state index is 5.94. The topological polar surface area (TPSA) is 3.24 Å². The summed E-state index contributed by atoms with van der Waals surface area (Å²) in [5.41, 5.74) is 2.86. The molecule has 1 nitrogen and oxygen atoms in total. The van der Waals surface area contributed by atoms with Gasteiger partial charge >= 0.3 is 0 Å². The zero-order valence-corrected chi connectivity index (χ0v) is 11.6. The van der Waals surface area contributed by atoms with Gasteiger partial charge in [-0.25, -0.2) is 0 Å². The fourth-order valence-electron chi connectivity index (χ4n) is 2.32. The Balaban J connectivity index is 2.33. The molecule has 2 rings (SSSR count). The van der Waals surface area contributed by atoms with Gasteiger partial charge in [-0.2, -0.15) is 0 Å². The van der Waals surface area contributed by atoms with Gasteiger partial charge in [-0.15, -0.1) is 0 Å². The molecule has 0 bridgehead atoms. The third-order valence-electron chi connectivity index (χ3n) is 3.12. The summed E-state index contributed by atoms with van der Waals surface area (Å²) in [4.78, 5) is 2.42. The lowest BCUT2D eigenvalue weighted by Gasteiger charge is -2.38. The van der Waals surface area contributed by atoms with Crippen molar-refractivity contribution in [3.05, 3.63) is 41.1 Å². The maximum absolute atomic E-state index is 5.94. The highest BCUT2D eigenvalue weighted by Crippen LogP contribution is 2.35. The maximum Gasteiger partial charge on any atom is 0.0409 e. The number of halogens is 1. The molecule has 0 amide bonds. The minimum absolute atomic E-state index is 0.195. The first-order chi connectivity index (χ1) is 7.98. The molecule has 1 aromatic rings. The Hall–Kier alpha value is -0.950. The summed E-state index contributed by atoms with van der Waals surface area (Å²) in [6.07, 6.45) is 4.79. The highest BCUT2D eigenvalue weighted by Gasteiger charge is 2.25. The summed E-state index contributed by atoms with van der Waals surface area (Å²) in [7, 11) is 0. The summed E-state index contributed by atoms with van der Waals surface area (Å²) >= 11 is 5.94. The van der Waals surface area contributed by atoms with Gasteiger partial charge in [-0.3, -0.25) is 0 Å². The van der Waals surface area contributed by atoms with Crippen LogP contribution in [0.2, 0.25) is 5.02 Å². The minimum Gasteiger partial charge on any atom is -0.345 e. The predicted octanol–water partition coefficient (Wildman–Crippen LogP) is 4.87. The molecular weight excluding hydrogens is 230 g/mol. The van der Waals surface area contributed by atoms with Crippen LogP contribution in [0, 0.1) is 5.41 Å². The van der Waals surface area contributed by atoms with Crippen molar-refractivity contribution in [2.24, 2.45) is 5.41 Å². The second-order valence-electron chi connectivity index (χ2n) is 5.61. The van der Waals surface area contributed by atoms with Crippen molar-refractivity contribution in [2.45, 2.75) is 33.6 Å². The lowest BCUT2D eigenvalue weighted by Crippen LogP contribution is -2.33. The molecule has 0 saturated carbocycles. The molecule has 0 fully saturated rings. The molecule has 1 heterocycles. The van der Waals surface area contributed by atoms with Gasteiger partial charge in [0.1, 0.15) is 0 Å². The van der Waals surface area contributed by atoms with E-state index in [9.17, 15) is 0 Å². The number of nitrogens with zero attached hydrogens (tertiary/aromatic N) is 1. The molecule has 1 aliphatic rings. The van der Waals surface area contributed by atoms with Crippen LogP contribution >= 0.6 is 11.6 Å². The first-order valence-corrected chi connectivity index (χ1v) is 6.60. The number of benzene rings is 1. The van der Waals surface area contributed by atoms with Crippen LogP contribution in [0.3, 0.4) is 0 Å². The SMILES string of the molecule is CC(C)(C)C1=CCCCN1c1ccc(Cl)cc1. The summed E-state index contributed by atoms with van der Waals surface area (Å²) in [5, 5.41) is 0.798. The average molecular weight is 250 g/mol. The molecule has 17 heavy (non-hydrogen) atoms. The van der Waals surface area contributed by atoms with E-state index < -0.39 is 0 Å². The van der Waals surface area contributed by atoms with E-state index in [1.807, 2.05) is 12.1 Å². The highest BCUT2D eigenvalue weighted by atomic mass is 35.5. The van der Waals surface area contributed by atoms with Crippen LogP contribution in [-0.2, 0) is 0 Å². The Morgan fingerprint density at radius 2 is 1.76 bits per heavy atom. The zero-order valence-electron chi connectivity index (χ0n) is 10.8. The first-order valence-electron chi connectivity index (χ1n) is 6.22. The number of hydrogen-bond acceptors (Lipinski definition) is 1. The van der Waals surface area contributed by atoms with Crippen molar-refractivity contribution in [1.82, 2.24) is 0 Å². The Bertz CT molecular complexity index is 412. The van der Waals surface area contributed by atoms with E-state index in [4.69, 9.17) is 11.6 Å². The molecule has 1 aromatic carbocycles. The van der Waals surface area contributed by atoms with Gasteiger partial charge in [0.15, 0.2) is 0 Å². The smallest absolute Gasteiger partial charge is 0.0409 e. The van der Waals surface area contributed by atoms with Crippen molar-refractivity contribution >= 4 is 17.3 Å². The minimum atomic E-state index is 0.195. The largest absolute Gasteiger partial charge is 0.345 e. The average Bonchev–Trinajstić information content (AvgIpc) is 2.29. The Morgan fingerprint density at radius 1 is 1.12 bits per heavy atom. The monoisotopic (exact) mass is 249 g/mol. The molecule has 0 aliphatic carbocycles. The lowest BCUT2D eigenvalue weighted by molar-refractivity contribution is 0.469.